The number of nitrogens with zero attached hydrogens (tertiary/aromatic N) is 2. The molecule has 0 saturated heterocycles. The standard InChI is InChI=1S/C15H14Cl2F3N3O4S/c1-26-14(23-28(2,24)25,10-7-13(10,16)17)9-5-3-8(4-6-9)11-21-12(27-22-11)15(18,19)20/h3-6,10,23H,7H2,1-2H3. The topological polar surface area (TPSA) is 94.3 Å². The molecular formula is C15H14Cl2F3N3O4S. The molecule has 0 bridgehead atoms. The molecule has 0 spiro atoms. The van der Waals surface area contributed by atoms with Crippen molar-refractivity contribution < 1.29 is 30.8 Å². The summed E-state index contributed by atoms with van der Waals surface area (Å²) in [7, 11) is -2.43. The molecule has 1 aliphatic rings. The monoisotopic (exact) mass is 459 g/mol. The lowest BCUT2D eigenvalue weighted by atomic mass is 9.97. The Morgan fingerprint density at radius 1 is 1.29 bits per heavy atom. The first-order valence-corrected chi connectivity index (χ1v) is 10.4. The van der Waals surface area contributed by atoms with E-state index >= 15 is 0 Å². The molecule has 0 amide bonds. The normalized spacial score (nSPS) is 21.3. The first-order chi connectivity index (χ1) is 12.8. The highest BCUT2D eigenvalue weighted by molar-refractivity contribution is 7.88. The molecule has 2 atom stereocenters. The quantitative estimate of drug-likeness (QED) is 0.525. The Morgan fingerprint density at radius 2 is 1.86 bits per heavy atom. The maximum Gasteiger partial charge on any atom is 0.471 e. The van der Waals surface area contributed by atoms with Gasteiger partial charge in [0.15, 0.2) is 5.72 Å². The lowest BCUT2D eigenvalue weighted by Gasteiger charge is -2.34. The predicted octanol–water partition coefficient (Wildman–Crippen LogP) is 3.30. The Labute approximate surface area is 168 Å². The summed E-state index contributed by atoms with van der Waals surface area (Å²) in [5.41, 5.74) is -0.965. The Balaban J connectivity index is 1.98. The second kappa shape index (κ2) is 6.84. The number of ether oxygens (including phenoxy) is 1. The van der Waals surface area contributed by atoms with Gasteiger partial charge in [-0.2, -0.15) is 22.9 Å². The number of methoxy groups -OCH3 is 1. The van der Waals surface area contributed by atoms with Crippen molar-refractivity contribution >= 4 is 33.2 Å². The number of sulfonamides is 1. The van der Waals surface area contributed by atoms with Crippen molar-refractivity contribution in [1.82, 2.24) is 14.9 Å². The third-order valence-corrected chi connectivity index (χ3v) is 5.73. The van der Waals surface area contributed by atoms with Crippen LogP contribution in [0.5, 0.6) is 0 Å². The first kappa shape index (κ1) is 21.3. The van der Waals surface area contributed by atoms with Crippen LogP contribution in [0.1, 0.15) is 17.9 Å². The number of rotatable bonds is 6. The second-order valence-corrected chi connectivity index (χ2v) is 9.62. The summed E-state index contributed by atoms with van der Waals surface area (Å²) in [4.78, 5) is 3.31. The summed E-state index contributed by atoms with van der Waals surface area (Å²) >= 11 is 12.3. The average Bonchev–Trinajstić information content (AvgIpc) is 2.99. The van der Waals surface area contributed by atoms with Gasteiger partial charge in [0.1, 0.15) is 4.33 Å². The van der Waals surface area contributed by atoms with E-state index in [1.165, 1.54) is 31.4 Å². The van der Waals surface area contributed by atoms with Crippen LogP contribution >= 0.6 is 23.2 Å². The van der Waals surface area contributed by atoms with Gasteiger partial charge in [0, 0.05) is 18.6 Å². The molecule has 1 N–H and O–H groups in total. The summed E-state index contributed by atoms with van der Waals surface area (Å²) in [6.45, 7) is 0. The molecule has 2 aromatic rings. The van der Waals surface area contributed by atoms with Crippen molar-refractivity contribution in [2.45, 2.75) is 22.7 Å². The largest absolute Gasteiger partial charge is 0.471 e. The molecule has 7 nitrogen and oxygen atoms in total. The molecule has 3 rings (SSSR count). The third-order valence-electron chi connectivity index (χ3n) is 4.22. The average molecular weight is 460 g/mol. The maximum atomic E-state index is 12.6. The summed E-state index contributed by atoms with van der Waals surface area (Å²) in [6.07, 6.45) is -3.53. The van der Waals surface area contributed by atoms with E-state index in [1.807, 2.05) is 0 Å². The second-order valence-electron chi connectivity index (χ2n) is 6.33. The zero-order chi connectivity index (χ0) is 21.0. The summed E-state index contributed by atoms with van der Waals surface area (Å²) in [5, 5.41) is 3.30. The van der Waals surface area contributed by atoms with Gasteiger partial charge in [0.2, 0.25) is 15.8 Å². The first-order valence-electron chi connectivity index (χ1n) is 7.72. The van der Waals surface area contributed by atoms with Crippen molar-refractivity contribution in [1.29, 1.82) is 0 Å². The number of halogens is 5. The Kier molecular flexibility index (Phi) is 5.20. The van der Waals surface area contributed by atoms with E-state index in [0.717, 1.165) is 6.26 Å². The molecule has 154 valence electrons. The van der Waals surface area contributed by atoms with Crippen molar-refractivity contribution in [3.63, 3.8) is 0 Å². The fraction of sp³-hybridized carbons (Fsp3) is 0.467. The minimum Gasteiger partial charge on any atom is -0.358 e. The zero-order valence-corrected chi connectivity index (χ0v) is 16.7. The van der Waals surface area contributed by atoms with E-state index in [1.54, 1.807) is 0 Å². The SMILES string of the molecule is COC(NS(C)(=O)=O)(c1ccc(-c2noc(C(F)(F)F)n2)cc1)C1CC1(Cl)Cl. The van der Waals surface area contributed by atoms with Gasteiger partial charge in [0.25, 0.3) is 0 Å². The third kappa shape index (κ3) is 4.13. The lowest BCUT2D eigenvalue weighted by Crippen LogP contribution is -2.49. The van der Waals surface area contributed by atoms with Crippen molar-refractivity contribution in [3.05, 3.63) is 35.7 Å². The molecule has 1 saturated carbocycles. The predicted molar refractivity (Wildman–Crippen MR) is 93.9 cm³/mol. The zero-order valence-electron chi connectivity index (χ0n) is 14.4. The lowest BCUT2D eigenvalue weighted by molar-refractivity contribution is -0.159. The highest BCUT2D eigenvalue weighted by Gasteiger charge is 2.64. The molecule has 1 fully saturated rings. The Morgan fingerprint density at radius 3 is 2.25 bits per heavy atom. The number of nitrogens with one attached hydrogen (secondary N) is 1. The van der Waals surface area contributed by atoms with Gasteiger partial charge in [-0.3, -0.25) is 0 Å². The number of benzene rings is 1. The molecule has 1 heterocycles. The fourth-order valence-corrected chi connectivity index (χ4v) is 4.40. The maximum absolute atomic E-state index is 12.6. The number of alkyl halides is 5. The van der Waals surface area contributed by atoms with Crippen molar-refractivity contribution in [2.75, 3.05) is 13.4 Å². The number of hydrogen-bond acceptors (Lipinski definition) is 6. The minimum absolute atomic E-state index is 0.228. The van der Waals surface area contributed by atoms with Crippen LogP contribution in [-0.4, -0.2) is 36.3 Å². The van der Waals surface area contributed by atoms with Crippen LogP contribution in [0.2, 0.25) is 0 Å². The summed E-state index contributed by atoms with van der Waals surface area (Å²) < 4.78 is 72.5. The van der Waals surface area contributed by atoms with Gasteiger partial charge in [-0.25, -0.2) is 8.42 Å². The highest BCUT2D eigenvalue weighted by Crippen LogP contribution is 2.61. The van der Waals surface area contributed by atoms with Crippen LogP contribution in [0.25, 0.3) is 11.4 Å². The molecule has 28 heavy (non-hydrogen) atoms. The van der Waals surface area contributed by atoms with E-state index in [-0.39, 0.29) is 17.8 Å². The molecule has 1 aromatic carbocycles. The van der Waals surface area contributed by atoms with Crippen LogP contribution in [-0.2, 0) is 26.7 Å². The molecule has 0 radical (unpaired) electrons. The van der Waals surface area contributed by atoms with Crippen LogP contribution in [0.4, 0.5) is 13.2 Å². The van der Waals surface area contributed by atoms with E-state index in [9.17, 15) is 21.6 Å². The van der Waals surface area contributed by atoms with E-state index in [0.29, 0.717) is 5.56 Å². The molecule has 1 aromatic heterocycles. The van der Waals surface area contributed by atoms with Gasteiger partial charge in [-0.1, -0.05) is 29.4 Å². The Hall–Kier alpha value is -1.40. The highest BCUT2D eigenvalue weighted by atomic mass is 35.5. The van der Waals surface area contributed by atoms with Crippen molar-refractivity contribution in [2.24, 2.45) is 5.92 Å². The van der Waals surface area contributed by atoms with Crippen LogP contribution in [0.3, 0.4) is 0 Å². The smallest absolute Gasteiger partial charge is 0.358 e. The number of aromatic nitrogens is 2. The molecule has 2 unspecified atom stereocenters. The summed E-state index contributed by atoms with van der Waals surface area (Å²) in [6, 6.07) is 5.74. The molecular weight excluding hydrogens is 446 g/mol. The van der Waals surface area contributed by atoms with Crippen LogP contribution in [0, 0.1) is 5.92 Å². The van der Waals surface area contributed by atoms with E-state index < -0.39 is 38.1 Å². The molecule has 0 aliphatic heterocycles. The fourth-order valence-electron chi connectivity index (χ4n) is 2.89. The minimum atomic E-state index is -4.76. The van der Waals surface area contributed by atoms with Crippen LogP contribution in [0.15, 0.2) is 28.8 Å². The Bertz CT molecular complexity index is 979. The molecule has 13 heteroatoms. The van der Waals surface area contributed by atoms with Gasteiger partial charge in [0.05, 0.1) is 6.26 Å². The summed E-state index contributed by atoms with van der Waals surface area (Å²) in [5.74, 6) is -2.33. The van der Waals surface area contributed by atoms with Gasteiger partial charge in [-0.05, 0) is 12.0 Å². The van der Waals surface area contributed by atoms with E-state index in [2.05, 4.69) is 19.4 Å². The van der Waals surface area contributed by atoms with Crippen molar-refractivity contribution in [3.8, 4) is 11.4 Å². The van der Waals surface area contributed by atoms with Gasteiger partial charge >= 0.3 is 12.1 Å². The molecule has 1 aliphatic carbocycles. The van der Waals surface area contributed by atoms with Gasteiger partial charge in [-0.15, -0.1) is 23.2 Å². The number of hydrogen-bond donors (Lipinski definition) is 1. The van der Waals surface area contributed by atoms with Crippen LogP contribution < -0.4 is 4.72 Å². The van der Waals surface area contributed by atoms with Gasteiger partial charge < -0.3 is 9.26 Å². The van der Waals surface area contributed by atoms with E-state index in [4.69, 9.17) is 27.9 Å².